The number of guanidine groups is 1. The quantitative estimate of drug-likeness (QED) is 0.515. The van der Waals surface area contributed by atoms with Gasteiger partial charge < -0.3 is 15.4 Å². The van der Waals surface area contributed by atoms with Crippen molar-refractivity contribution in [1.29, 1.82) is 0 Å². The maximum atomic E-state index is 13.6. The van der Waals surface area contributed by atoms with Crippen LogP contribution in [-0.2, 0) is 17.0 Å². The fourth-order valence-electron chi connectivity index (χ4n) is 3.75. The van der Waals surface area contributed by atoms with E-state index in [-0.39, 0.29) is 11.9 Å². The molecule has 0 aliphatic carbocycles. The minimum absolute atomic E-state index is 0.112. The van der Waals surface area contributed by atoms with E-state index in [0.717, 1.165) is 48.8 Å². The zero-order valence-corrected chi connectivity index (χ0v) is 18.0. The lowest BCUT2D eigenvalue weighted by Crippen LogP contribution is -2.41. The van der Waals surface area contributed by atoms with Crippen LogP contribution in [0.4, 0.5) is 4.39 Å². The minimum atomic E-state index is -0.190. The average Bonchev–Trinajstić information content (AvgIpc) is 2.76. The lowest BCUT2D eigenvalue weighted by molar-refractivity contribution is -0.0265. The van der Waals surface area contributed by atoms with Crippen LogP contribution in [0.15, 0.2) is 53.5 Å². The minimum Gasteiger partial charge on any atom is -0.373 e. The van der Waals surface area contributed by atoms with Gasteiger partial charge in [0.25, 0.3) is 0 Å². The Morgan fingerprint density at radius 2 is 2.00 bits per heavy atom. The van der Waals surface area contributed by atoms with E-state index in [0.29, 0.717) is 12.5 Å². The molecule has 2 aromatic rings. The Labute approximate surface area is 177 Å². The SMILES string of the molecule is CN=C(NCc1ccc(F)cc1CSC)NCC1CCCOC1c1ccccc1. The number of nitrogens with zero attached hydrogens (tertiary/aromatic N) is 1. The zero-order chi connectivity index (χ0) is 20.5. The third-order valence-electron chi connectivity index (χ3n) is 5.24. The molecule has 0 radical (unpaired) electrons. The van der Waals surface area contributed by atoms with Crippen LogP contribution in [0.3, 0.4) is 0 Å². The van der Waals surface area contributed by atoms with E-state index in [2.05, 4.69) is 39.9 Å². The fourth-order valence-corrected chi connectivity index (χ4v) is 4.33. The monoisotopic (exact) mass is 415 g/mol. The molecule has 0 aromatic heterocycles. The molecule has 2 atom stereocenters. The molecule has 2 N–H and O–H groups in total. The van der Waals surface area contributed by atoms with Crippen molar-refractivity contribution in [2.75, 3.05) is 26.5 Å². The van der Waals surface area contributed by atoms with Crippen LogP contribution in [0, 0.1) is 11.7 Å². The summed E-state index contributed by atoms with van der Waals surface area (Å²) >= 11 is 1.69. The first-order valence-electron chi connectivity index (χ1n) is 10.1. The van der Waals surface area contributed by atoms with Crippen LogP contribution in [0.5, 0.6) is 0 Å². The molecule has 156 valence electrons. The number of aliphatic imine (C=N–C) groups is 1. The van der Waals surface area contributed by atoms with Crippen LogP contribution in [0.2, 0.25) is 0 Å². The van der Waals surface area contributed by atoms with Crippen molar-refractivity contribution in [3.05, 3.63) is 71.0 Å². The van der Waals surface area contributed by atoms with Crippen molar-refractivity contribution in [2.24, 2.45) is 10.9 Å². The Balaban J connectivity index is 1.57. The molecular weight excluding hydrogens is 385 g/mol. The lowest BCUT2D eigenvalue weighted by atomic mass is 9.89. The standard InChI is InChI=1S/C23H30FN3OS/c1-25-23(26-14-18-10-11-21(24)13-20(18)16-29-2)27-15-19-9-6-12-28-22(19)17-7-4-3-5-8-17/h3-5,7-8,10-11,13,19,22H,6,9,12,14-16H2,1-2H3,(H2,25,26,27). The average molecular weight is 416 g/mol. The van der Waals surface area contributed by atoms with Gasteiger partial charge in [-0.05, 0) is 47.9 Å². The number of thioether (sulfide) groups is 1. The van der Waals surface area contributed by atoms with Gasteiger partial charge in [-0.3, -0.25) is 4.99 Å². The fraction of sp³-hybridized carbons (Fsp3) is 0.435. The normalized spacial score (nSPS) is 19.8. The number of nitrogens with one attached hydrogen (secondary N) is 2. The summed E-state index contributed by atoms with van der Waals surface area (Å²) in [6.07, 6.45) is 4.34. The third kappa shape index (κ3) is 6.21. The van der Waals surface area contributed by atoms with Gasteiger partial charge in [0.1, 0.15) is 5.82 Å². The van der Waals surface area contributed by atoms with Gasteiger partial charge in [-0.15, -0.1) is 0 Å². The van der Waals surface area contributed by atoms with Crippen LogP contribution in [-0.4, -0.2) is 32.4 Å². The van der Waals surface area contributed by atoms with Crippen molar-refractivity contribution in [2.45, 2.75) is 31.2 Å². The van der Waals surface area contributed by atoms with E-state index in [1.165, 1.54) is 11.6 Å². The first-order chi connectivity index (χ1) is 14.2. The number of benzene rings is 2. The maximum Gasteiger partial charge on any atom is 0.191 e. The van der Waals surface area contributed by atoms with Crippen molar-refractivity contribution < 1.29 is 9.13 Å². The largest absolute Gasteiger partial charge is 0.373 e. The van der Waals surface area contributed by atoms with Gasteiger partial charge in [-0.1, -0.05) is 36.4 Å². The van der Waals surface area contributed by atoms with E-state index in [4.69, 9.17) is 4.74 Å². The van der Waals surface area contributed by atoms with Crippen molar-refractivity contribution in [3.8, 4) is 0 Å². The Kier molecular flexibility index (Phi) is 8.38. The number of halogens is 1. The highest BCUT2D eigenvalue weighted by Crippen LogP contribution is 2.33. The van der Waals surface area contributed by atoms with Crippen molar-refractivity contribution in [1.82, 2.24) is 10.6 Å². The summed E-state index contributed by atoms with van der Waals surface area (Å²) in [6.45, 7) is 2.21. The zero-order valence-electron chi connectivity index (χ0n) is 17.2. The molecule has 29 heavy (non-hydrogen) atoms. The summed E-state index contributed by atoms with van der Waals surface area (Å²) in [5.41, 5.74) is 3.34. The summed E-state index contributed by atoms with van der Waals surface area (Å²) < 4.78 is 19.6. The van der Waals surface area contributed by atoms with Gasteiger partial charge in [0.2, 0.25) is 0 Å². The van der Waals surface area contributed by atoms with Crippen LogP contribution >= 0.6 is 11.8 Å². The lowest BCUT2D eigenvalue weighted by Gasteiger charge is -2.32. The Morgan fingerprint density at radius 3 is 2.76 bits per heavy atom. The number of ether oxygens (including phenoxy) is 1. The van der Waals surface area contributed by atoms with E-state index in [1.807, 2.05) is 18.4 Å². The van der Waals surface area contributed by atoms with Crippen molar-refractivity contribution >= 4 is 17.7 Å². The molecule has 2 unspecified atom stereocenters. The maximum absolute atomic E-state index is 13.6. The molecule has 2 aromatic carbocycles. The van der Waals surface area contributed by atoms with Crippen molar-refractivity contribution in [3.63, 3.8) is 0 Å². The van der Waals surface area contributed by atoms with E-state index < -0.39 is 0 Å². The van der Waals surface area contributed by atoms with Gasteiger partial charge >= 0.3 is 0 Å². The van der Waals surface area contributed by atoms with E-state index in [9.17, 15) is 4.39 Å². The Morgan fingerprint density at radius 1 is 1.17 bits per heavy atom. The second-order valence-electron chi connectivity index (χ2n) is 7.26. The topological polar surface area (TPSA) is 45.7 Å². The molecule has 1 fully saturated rings. The molecule has 3 rings (SSSR count). The van der Waals surface area contributed by atoms with E-state index in [1.54, 1.807) is 24.9 Å². The molecule has 4 nitrogen and oxygen atoms in total. The Bertz CT molecular complexity index is 800. The Hall–Kier alpha value is -2.05. The molecule has 1 aliphatic heterocycles. The highest BCUT2D eigenvalue weighted by atomic mass is 32.2. The first kappa shape index (κ1) is 21.7. The second kappa shape index (κ2) is 11.2. The van der Waals surface area contributed by atoms with E-state index >= 15 is 0 Å². The molecule has 1 saturated heterocycles. The van der Waals surface area contributed by atoms with Gasteiger partial charge in [0.05, 0.1) is 6.10 Å². The van der Waals surface area contributed by atoms with Crippen LogP contribution in [0.1, 0.15) is 35.6 Å². The number of rotatable bonds is 7. The van der Waals surface area contributed by atoms with Gasteiger partial charge in [0.15, 0.2) is 5.96 Å². The first-order valence-corrected chi connectivity index (χ1v) is 11.5. The molecule has 0 bridgehead atoms. The van der Waals surface area contributed by atoms with Gasteiger partial charge in [0, 0.05) is 38.4 Å². The number of hydrogen-bond acceptors (Lipinski definition) is 3. The van der Waals surface area contributed by atoms with Crippen LogP contribution in [0.25, 0.3) is 0 Å². The molecule has 1 heterocycles. The molecule has 0 amide bonds. The smallest absolute Gasteiger partial charge is 0.191 e. The predicted octanol–water partition coefficient (Wildman–Crippen LogP) is 4.52. The molecule has 6 heteroatoms. The summed E-state index contributed by atoms with van der Waals surface area (Å²) in [5.74, 6) is 1.74. The predicted molar refractivity (Wildman–Crippen MR) is 120 cm³/mol. The highest BCUT2D eigenvalue weighted by molar-refractivity contribution is 7.97. The molecular formula is C23H30FN3OS. The molecule has 1 aliphatic rings. The highest BCUT2D eigenvalue weighted by Gasteiger charge is 2.27. The molecule has 0 spiro atoms. The number of hydrogen-bond donors (Lipinski definition) is 2. The third-order valence-corrected chi connectivity index (χ3v) is 5.84. The summed E-state index contributed by atoms with van der Waals surface area (Å²) in [4.78, 5) is 4.35. The second-order valence-corrected chi connectivity index (χ2v) is 8.12. The van der Waals surface area contributed by atoms with Crippen LogP contribution < -0.4 is 10.6 Å². The van der Waals surface area contributed by atoms with Gasteiger partial charge in [-0.25, -0.2) is 4.39 Å². The summed E-state index contributed by atoms with van der Waals surface area (Å²) in [5, 5.41) is 6.82. The summed E-state index contributed by atoms with van der Waals surface area (Å²) in [7, 11) is 1.77. The molecule has 0 saturated carbocycles. The summed E-state index contributed by atoms with van der Waals surface area (Å²) in [6, 6.07) is 15.4. The van der Waals surface area contributed by atoms with Gasteiger partial charge in [-0.2, -0.15) is 11.8 Å².